The number of hydrogen-bond acceptors (Lipinski definition) is 2. The third-order valence-electron chi connectivity index (χ3n) is 2.57. The van der Waals surface area contributed by atoms with Gasteiger partial charge in [0.2, 0.25) is 0 Å². The summed E-state index contributed by atoms with van der Waals surface area (Å²) in [5.41, 5.74) is 1.96. The lowest BCUT2D eigenvalue weighted by Gasteiger charge is -2.15. The van der Waals surface area contributed by atoms with E-state index in [2.05, 4.69) is 6.07 Å². The summed E-state index contributed by atoms with van der Waals surface area (Å²) in [6.45, 7) is 5.22. The van der Waals surface area contributed by atoms with Crippen LogP contribution in [0.15, 0.2) is 42.5 Å². The van der Waals surface area contributed by atoms with Crippen LogP contribution < -0.4 is 9.47 Å². The summed E-state index contributed by atoms with van der Waals surface area (Å²) < 4.78 is 11.4. The number of benzene rings is 2. The van der Waals surface area contributed by atoms with Crippen molar-refractivity contribution in [2.24, 2.45) is 0 Å². The quantitative estimate of drug-likeness (QED) is 0.789. The van der Waals surface area contributed by atoms with Gasteiger partial charge in [-0.15, -0.1) is 0 Å². The molecule has 1 radical (unpaired) electrons. The Morgan fingerprint density at radius 2 is 1.56 bits per heavy atom. The predicted molar refractivity (Wildman–Crippen MR) is 73.1 cm³/mol. The van der Waals surface area contributed by atoms with E-state index >= 15 is 0 Å². The van der Waals surface area contributed by atoms with E-state index in [4.69, 9.17) is 9.47 Å². The number of ether oxygens (including phenoxy) is 2. The average Bonchev–Trinajstić information content (AvgIpc) is 2.41. The second kappa shape index (κ2) is 6.10. The molecule has 2 aromatic carbocycles. The Morgan fingerprint density at radius 1 is 0.889 bits per heavy atom. The molecule has 0 bridgehead atoms. The molecule has 2 nitrogen and oxygen atoms in total. The molecule has 0 N–H and O–H groups in total. The molecule has 0 fully saturated rings. The van der Waals surface area contributed by atoms with Crippen molar-refractivity contribution in [1.29, 1.82) is 0 Å². The van der Waals surface area contributed by atoms with Crippen molar-refractivity contribution in [3.05, 3.63) is 48.5 Å². The van der Waals surface area contributed by atoms with E-state index in [1.165, 1.54) is 0 Å². The second-order valence-electron chi connectivity index (χ2n) is 3.77. The van der Waals surface area contributed by atoms with Crippen LogP contribution in [0, 0.1) is 6.07 Å². The predicted octanol–water partition coefficient (Wildman–Crippen LogP) is 3.95. The van der Waals surface area contributed by atoms with E-state index in [-0.39, 0.29) is 0 Å². The first-order valence-electron chi connectivity index (χ1n) is 6.22. The van der Waals surface area contributed by atoms with E-state index in [0.717, 1.165) is 22.6 Å². The van der Waals surface area contributed by atoms with Gasteiger partial charge in [0.05, 0.1) is 18.8 Å². The molecule has 93 valence electrons. The maximum Gasteiger partial charge on any atom is 0.130 e. The number of hydrogen-bond donors (Lipinski definition) is 0. The molecular weight excluding hydrogens is 224 g/mol. The summed E-state index contributed by atoms with van der Waals surface area (Å²) in [5, 5.41) is 0. The number of rotatable bonds is 5. The van der Waals surface area contributed by atoms with Gasteiger partial charge in [0.25, 0.3) is 0 Å². The van der Waals surface area contributed by atoms with Crippen LogP contribution in [0.2, 0.25) is 0 Å². The Bertz CT molecular complexity index is 467. The Balaban J connectivity index is 2.53. The molecule has 18 heavy (non-hydrogen) atoms. The van der Waals surface area contributed by atoms with Crippen LogP contribution in [0.1, 0.15) is 13.8 Å². The summed E-state index contributed by atoms with van der Waals surface area (Å²) >= 11 is 0. The van der Waals surface area contributed by atoms with Crippen LogP contribution in [0.4, 0.5) is 0 Å². The van der Waals surface area contributed by atoms with Crippen molar-refractivity contribution in [2.75, 3.05) is 13.2 Å². The van der Waals surface area contributed by atoms with E-state index in [1.54, 1.807) is 0 Å². The van der Waals surface area contributed by atoms with Gasteiger partial charge in [-0.25, -0.2) is 0 Å². The Labute approximate surface area is 108 Å². The fourth-order valence-corrected chi connectivity index (χ4v) is 1.88. The van der Waals surface area contributed by atoms with Crippen molar-refractivity contribution in [3.8, 4) is 22.6 Å². The van der Waals surface area contributed by atoms with E-state index < -0.39 is 0 Å². The van der Waals surface area contributed by atoms with Crippen molar-refractivity contribution in [1.82, 2.24) is 0 Å². The third kappa shape index (κ3) is 2.65. The molecule has 0 amide bonds. The third-order valence-corrected chi connectivity index (χ3v) is 2.57. The Kier molecular flexibility index (Phi) is 4.24. The molecule has 2 aromatic rings. The molecule has 0 spiro atoms. The molecule has 0 unspecified atom stereocenters. The topological polar surface area (TPSA) is 18.5 Å². The molecule has 0 heterocycles. The highest BCUT2D eigenvalue weighted by molar-refractivity contribution is 5.76. The fraction of sp³-hybridized carbons (Fsp3) is 0.250. The molecule has 0 aliphatic heterocycles. The van der Waals surface area contributed by atoms with Crippen LogP contribution in [0.3, 0.4) is 0 Å². The summed E-state index contributed by atoms with van der Waals surface area (Å²) in [4.78, 5) is 0. The average molecular weight is 241 g/mol. The van der Waals surface area contributed by atoms with E-state index in [1.807, 2.05) is 56.3 Å². The molecule has 0 aliphatic carbocycles. The highest BCUT2D eigenvalue weighted by Crippen LogP contribution is 2.38. The van der Waals surface area contributed by atoms with Crippen LogP contribution in [-0.2, 0) is 0 Å². The first-order chi connectivity index (χ1) is 8.86. The molecule has 0 aromatic heterocycles. The molecule has 0 atom stereocenters. The molecular formula is C16H17O2. The van der Waals surface area contributed by atoms with Crippen molar-refractivity contribution in [3.63, 3.8) is 0 Å². The molecule has 2 rings (SSSR count). The van der Waals surface area contributed by atoms with Gasteiger partial charge in [0, 0.05) is 0 Å². The van der Waals surface area contributed by atoms with Gasteiger partial charge in [0.1, 0.15) is 11.5 Å². The first kappa shape index (κ1) is 12.5. The van der Waals surface area contributed by atoms with Crippen molar-refractivity contribution in [2.45, 2.75) is 13.8 Å². The summed E-state index contributed by atoms with van der Waals surface area (Å²) in [6, 6.07) is 16.9. The van der Waals surface area contributed by atoms with Gasteiger partial charge in [0.15, 0.2) is 0 Å². The lowest BCUT2D eigenvalue weighted by atomic mass is 10.0. The van der Waals surface area contributed by atoms with Gasteiger partial charge < -0.3 is 9.47 Å². The van der Waals surface area contributed by atoms with Gasteiger partial charge in [-0.3, -0.25) is 0 Å². The van der Waals surface area contributed by atoms with Gasteiger partial charge in [-0.1, -0.05) is 30.3 Å². The van der Waals surface area contributed by atoms with Crippen LogP contribution in [0.5, 0.6) is 11.5 Å². The Hall–Kier alpha value is -1.96. The summed E-state index contributed by atoms with van der Waals surface area (Å²) in [5.74, 6) is 1.68. The van der Waals surface area contributed by atoms with E-state index in [9.17, 15) is 0 Å². The lowest BCUT2D eigenvalue weighted by molar-refractivity contribution is 0.326. The largest absolute Gasteiger partial charge is 0.493 e. The Morgan fingerprint density at radius 3 is 2.06 bits per heavy atom. The first-order valence-corrected chi connectivity index (χ1v) is 6.22. The summed E-state index contributed by atoms with van der Waals surface area (Å²) in [6.07, 6.45) is 0. The normalized spacial score (nSPS) is 10.1. The molecule has 0 saturated heterocycles. The van der Waals surface area contributed by atoms with Crippen LogP contribution in [-0.4, -0.2) is 13.2 Å². The highest BCUT2D eigenvalue weighted by atomic mass is 16.5. The maximum absolute atomic E-state index is 5.68. The zero-order chi connectivity index (χ0) is 12.8. The monoisotopic (exact) mass is 241 g/mol. The minimum absolute atomic E-state index is 0.634. The molecule has 0 aliphatic rings. The lowest BCUT2D eigenvalue weighted by Crippen LogP contribution is -1.98. The van der Waals surface area contributed by atoms with Crippen LogP contribution >= 0.6 is 0 Å². The minimum Gasteiger partial charge on any atom is -0.493 e. The SMILES string of the molecule is CCOc1cccc(OCC)c1-c1[c]cccc1. The zero-order valence-electron chi connectivity index (χ0n) is 10.8. The smallest absolute Gasteiger partial charge is 0.130 e. The van der Waals surface area contributed by atoms with Gasteiger partial charge in [-0.2, -0.15) is 0 Å². The fourth-order valence-electron chi connectivity index (χ4n) is 1.88. The van der Waals surface area contributed by atoms with Crippen LogP contribution in [0.25, 0.3) is 11.1 Å². The van der Waals surface area contributed by atoms with Crippen molar-refractivity contribution >= 4 is 0 Å². The molecule has 0 saturated carbocycles. The maximum atomic E-state index is 5.68. The highest BCUT2D eigenvalue weighted by Gasteiger charge is 2.12. The zero-order valence-corrected chi connectivity index (χ0v) is 10.8. The van der Waals surface area contributed by atoms with Gasteiger partial charge in [-0.05, 0) is 37.6 Å². The van der Waals surface area contributed by atoms with Crippen molar-refractivity contribution < 1.29 is 9.47 Å². The van der Waals surface area contributed by atoms with Gasteiger partial charge >= 0.3 is 0 Å². The summed E-state index contributed by atoms with van der Waals surface area (Å²) in [7, 11) is 0. The van der Waals surface area contributed by atoms with E-state index in [0.29, 0.717) is 13.2 Å². The standard InChI is InChI=1S/C16H17O2/c1-3-17-14-11-8-12-15(18-4-2)16(14)13-9-6-5-7-10-13/h5-9,11-12H,3-4H2,1-2H3. The molecule has 2 heteroatoms. The second-order valence-corrected chi connectivity index (χ2v) is 3.77. The minimum atomic E-state index is 0.634.